The average molecular weight is 386 g/mol. The van der Waals surface area contributed by atoms with Gasteiger partial charge in [0.15, 0.2) is 0 Å². The summed E-state index contributed by atoms with van der Waals surface area (Å²) in [4.78, 5) is 40.4. The number of piperidine rings is 1. The normalized spacial score (nSPS) is 24.9. The molecule has 4 rings (SSSR count). The Morgan fingerprint density at radius 3 is 2.39 bits per heavy atom. The second-order valence-corrected chi connectivity index (χ2v) is 8.30. The SMILES string of the molecule is O=C([C@@H]1CCC(=O)N(C2CCCCCC2)C1)N1CCN(c2cnccn2)CC1. The number of carbonyl (C=O) groups excluding carboxylic acids is 2. The summed E-state index contributed by atoms with van der Waals surface area (Å²) >= 11 is 0. The molecule has 3 aliphatic rings. The molecule has 0 radical (unpaired) electrons. The fourth-order valence-electron chi connectivity index (χ4n) is 4.86. The molecule has 2 amide bonds. The molecule has 0 unspecified atom stereocenters. The molecule has 2 saturated heterocycles. The highest BCUT2D eigenvalue weighted by molar-refractivity contribution is 5.84. The maximum absolute atomic E-state index is 13.1. The topological polar surface area (TPSA) is 69.6 Å². The van der Waals surface area contributed by atoms with Crippen LogP contribution in [-0.2, 0) is 9.59 Å². The van der Waals surface area contributed by atoms with Crippen molar-refractivity contribution < 1.29 is 9.59 Å². The molecule has 152 valence electrons. The zero-order valence-electron chi connectivity index (χ0n) is 16.6. The fourth-order valence-corrected chi connectivity index (χ4v) is 4.86. The van der Waals surface area contributed by atoms with Gasteiger partial charge in [0.1, 0.15) is 5.82 Å². The van der Waals surface area contributed by atoms with Crippen LogP contribution in [0.5, 0.6) is 0 Å². The van der Waals surface area contributed by atoms with Crippen LogP contribution in [0.4, 0.5) is 5.82 Å². The van der Waals surface area contributed by atoms with Gasteiger partial charge in [-0.3, -0.25) is 14.6 Å². The summed E-state index contributed by atoms with van der Waals surface area (Å²) in [6.07, 6.45) is 13.5. The molecule has 2 aliphatic heterocycles. The van der Waals surface area contributed by atoms with Crippen molar-refractivity contribution in [1.29, 1.82) is 0 Å². The van der Waals surface area contributed by atoms with Gasteiger partial charge >= 0.3 is 0 Å². The van der Waals surface area contributed by atoms with Crippen LogP contribution in [-0.4, -0.2) is 70.3 Å². The Morgan fingerprint density at radius 1 is 0.964 bits per heavy atom. The molecule has 0 bridgehead atoms. The number of hydrogen-bond donors (Lipinski definition) is 0. The zero-order chi connectivity index (χ0) is 19.3. The van der Waals surface area contributed by atoms with Crippen molar-refractivity contribution in [3.05, 3.63) is 18.6 Å². The van der Waals surface area contributed by atoms with E-state index in [1.807, 2.05) is 9.80 Å². The van der Waals surface area contributed by atoms with E-state index < -0.39 is 0 Å². The second-order valence-electron chi connectivity index (χ2n) is 8.30. The highest BCUT2D eigenvalue weighted by Gasteiger charge is 2.36. The van der Waals surface area contributed by atoms with E-state index in [4.69, 9.17) is 0 Å². The third kappa shape index (κ3) is 4.28. The Bertz CT molecular complexity index is 667. The van der Waals surface area contributed by atoms with E-state index in [1.54, 1.807) is 18.6 Å². The number of piperazine rings is 1. The summed E-state index contributed by atoms with van der Waals surface area (Å²) in [5, 5.41) is 0. The molecule has 0 aromatic carbocycles. The van der Waals surface area contributed by atoms with Crippen LogP contribution in [0.1, 0.15) is 51.4 Å². The number of aromatic nitrogens is 2. The molecule has 1 aromatic rings. The zero-order valence-corrected chi connectivity index (χ0v) is 16.6. The first-order valence-electron chi connectivity index (χ1n) is 10.8. The Morgan fingerprint density at radius 2 is 1.71 bits per heavy atom. The average Bonchev–Trinajstić information content (AvgIpc) is 3.04. The van der Waals surface area contributed by atoms with Crippen molar-refractivity contribution in [3.63, 3.8) is 0 Å². The molecule has 0 spiro atoms. The summed E-state index contributed by atoms with van der Waals surface area (Å²) in [7, 11) is 0. The van der Waals surface area contributed by atoms with E-state index in [9.17, 15) is 9.59 Å². The Balaban J connectivity index is 1.33. The highest BCUT2D eigenvalue weighted by Crippen LogP contribution is 2.28. The van der Waals surface area contributed by atoms with Crippen molar-refractivity contribution in [2.24, 2.45) is 5.92 Å². The summed E-state index contributed by atoms with van der Waals surface area (Å²) in [6, 6.07) is 0.346. The van der Waals surface area contributed by atoms with Gasteiger partial charge in [-0.25, -0.2) is 4.98 Å². The lowest BCUT2D eigenvalue weighted by Crippen LogP contribution is -2.54. The quantitative estimate of drug-likeness (QED) is 0.745. The molecule has 7 nitrogen and oxygen atoms in total. The third-order valence-electron chi connectivity index (χ3n) is 6.52. The van der Waals surface area contributed by atoms with Crippen molar-refractivity contribution >= 4 is 17.6 Å². The second kappa shape index (κ2) is 8.88. The van der Waals surface area contributed by atoms with Crippen LogP contribution in [0.3, 0.4) is 0 Å². The van der Waals surface area contributed by atoms with Gasteiger partial charge in [0, 0.05) is 57.6 Å². The molecule has 28 heavy (non-hydrogen) atoms. The van der Waals surface area contributed by atoms with Gasteiger partial charge < -0.3 is 14.7 Å². The number of nitrogens with zero attached hydrogens (tertiary/aromatic N) is 5. The maximum atomic E-state index is 13.1. The van der Waals surface area contributed by atoms with Crippen LogP contribution in [0.2, 0.25) is 0 Å². The first-order valence-corrected chi connectivity index (χ1v) is 10.8. The van der Waals surface area contributed by atoms with Gasteiger partial charge in [-0.05, 0) is 19.3 Å². The number of anilines is 1. The van der Waals surface area contributed by atoms with E-state index in [2.05, 4.69) is 14.9 Å². The van der Waals surface area contributed by atoms with E-state index in [0.717, 1.165) is 31.7 Å². The van der Waals surface area contributed by atoms with Crippen LogP contribution < -0.4 is 4.90 Å². The number of likely N-dealkylation sites (tertiary alicyclic amines) is 1. The van der Waals surface area contributed by atoms with Gasteiger partial charge in [-0.1, -0.05) is 25.7 Å². The minimum absolute atomic E-state index is 0.0379. The van der Waals surface area contributed by atoms with E-state index >= 15 is 0 Å². The molecule has 1 saturated carbocycles. The Kier molecular flexibility index (Phi) is 6.07. The van der Waals surface area contributed by atoms with Gasteiger partial charge in [-0.2, -0.15) is 0 Å². The predicted octanol–water partition coefficient (Wildman–Crippen LogP) is 2.09. The maximum Gasteiger partial charge on any atom is 0.227 e. The van der Waals surface area contributed by atoms with Crippen LogP contribution in [0.25, 0.3) is 0 Å². The standard InChI is InChI=1S/C21H31N5O2/c27-20-8-7-17(16-26(20)18-5-3-1-2-4-6-18)21(28)25-13-11-24(12-14-25)19-15-22-9-10-23-19/h9-10,15,17-18H,1-8,11-14,16H2/t17-/m1/s1. The lowest BCUT2D eigenvalue weighted by molar-refractivity contribution is -0.145. The van der Waals surface area contributed by atoms with Crippen LogP contribution in [0.15, 0.2) is 18.6 Å². The van der Waals surface area contributed by atoms with Gasteiger partial charge in [0.05, 0.1) is 12.1 Å². The molecule has 3 fully saturated rings. The smallest absolute Gasteiger partial charge is 0.227 e. The first-order chi connectivity index (χ1) is 13.7. The number of hydrogen-bond acceptors (Lipinski definition) is 5. The third-order valence-corrected chi connectivity index (χ3v) is 6.52. The summed E-state index contributed by atoms with van der Waals surface area (Å²) in [5.41, 5.74) is 0. The summed E-state index contributed by atoms with van der Waals surface area (Å²) < 4.78 is 0. The fraction of sp³-hybridized carbons (Fsp3) is 0.714. The summed E-state index contributed by atoms with van der Waals surface area (Å²) in [6.45, 7) is 3.60. The number of rotatable bonds is 3. The molecule has 1 aliphatic carbocycles. The lowest BCUT2D eigenvalue weighted by atomic mass is 9.93. The number of amides is 2. The summed E-state index contributed by atoms with van der Waals surface area (Å²) in [5.74, 6) is 1.31. The minimum atomic E-state index is -0.0379. The Labute approximate surface area is 167 Å². The highest BCUT2D eigenvalue weighted by atomic mass is 16.2. The van der Waals surface area contributed by atoms with Gasteiger partial charge in [-0.15, -0.1) is 0 Å². The first kappa shape index (κ1) is 19.2. The van der Waals surface area contributed by atoms with E-state index in [0.29, 0.717) is 38.5 Å². The van der Waals surface area contributed by atoms with Crippen molar-refractivity contribution in [3.8, 4) is 0 Å². The monoisotopic (exact) mass is 385 g/mol. The van der Waals surface area contributed by atoms with Crippen molar-refractivity contribution in [2.75, 3.05) is 37.6 Å². The van der Waals surface area contributed by atoms with Gasteiger partial charge in [0.25, 0.3) is 0 Å². The molecule has 3 heterocycles. The molecule has 0 N–H and O–H groups in total. The van der Waals surface area contributed by atoms with Gasteiger partial charge in [0.2, 0.25) is 11.8 Å². The largest absolute Gasteiger partial charge is 0.352 e. The van der Waals surface area contributed by atoms with Crippen LogP contribution in [0, 0.1) is 5.92 Å². The van der Waals surface area contributed by atoms with E-state index in [-0.39, 0.29) is 17.7 Å². The number of carbonyl (C=O) groups is 2. The molecule has 7 heteroatoms. The minimum Gasteiger partial charge on any atom is -0.352 e. The van der Waals surface area contributed by atoms with E-state index in [1.165, 1.54) is 25.7 Å². The molecular formula is C21H31N5O2. The van der Waals surface area contributed by atoms with Crippen LogP contribution >= 0.6 is 0 Å². The Hall–Kier alpha value is -2.18. The lowest BCUT2D eigenvalue weighted by Gasteiger charge is -2.41. The van der Waals surface area contributed by atoms with Crippen molar-refractivity contribution in [1.82, 2.24) is 19.8 Å². The molecule has 1 aromatic heterocycles. The predicted molar refractivity (Wildman–Crippen MR) is 107 cm³/mol. The molecular weight excluding hydrogens is 354 g/mol. The van der Waals surface area contributed by atoms with Crippen molar-refractivity contribution in [2.45, 2.75) is 57.4 Å². The molecule has 1 atom stereocenters.